The van der Waals surface area contributed by atoms with Gasteiger partial charge in [0.25, 0.3) is 11.8 Å². The van der Waals surface area contributed by atoms with Gasteiger partial charge in [-0.25, -0.2) is 0 Å². The van der Waals surface area contributed by atoms with E-state index in [0.717, 1.165) is 10.6 Å². The second-order valence-electron chi connectivity index (χ2n) is 6.43. The fraction of sp³-hybridized carbons (Fsp3) is 0.0909. The van der Waals surface area contributed by atoms with Crippen molar-refractivity contribution >= 4 is 23.4 Å². The molecule has 4 rings (SSSR count). The van der Waals surface area contributed by atoms with Gasteiger partial charge < -0.3 is 10.1 Å². The molecule has 1 aromatic heterocycles. The van der Waals surface area contributed by atoms with Crippen molar-refractivity contribution in [1.29, 1.82) is 0 Å². The van der Waals surface area contributed by atoms with E-state index in [-0.39, 0.29) is 6.54 Å². The van der Waals surface area contributed by atoms with Crippen molar-refractivity contribution in [1.82, 2.24) is 9.88 Å². The van der Waals surface area contributed by atoms with E-state index in [1.54, 1.807) is 54.7 Å². The molecule has 29 heavy (non-hydrogen) atoms. The molecule has 0 unspecified atom stereocenters. The van der Waals surface area contributed by atoms with Gasteiger partial charge in [0, 0.05) is 18.0 Å². The monoisotopic (exact) mass is 387 g/mol. The van der Waals surface area contributed by atoms with Crippen LogP contribution in [0.3, 0.4) is 0 Å². The molecule has 0 atom stereocenters. The van der Waals surface area contributed by atoms with Crippen molar-refractivity contribution < 1.29 is 19.1 Å². The van der Waals surface area contributed by atoms with Crippen LogP contribution in [0.1, 0.15) is 26.4 Å². The summed E-state index contributed by atoms with van der Waals surface area (Å²) in [4.78, 5) is 42.3. The largest absolute Gasteiger partial charge is 0.487 e. The second kappa shape index (κ2) is 7.93. The Morgan fingerprint density at radius 1 is 0.931 bits per heavy atom. The van der Waals surface area contributed by atoms with Crippen molar-refractivity contribution in [2.24, 2.45) is 0 Å². The lowest BCUT2D eigenvalue weighted by Crippen LogP contribution is -2.37. The van der Waals surface area contributed by atoms with Crippen LogP contribution >= 0.6 is 0 Å². The molecule has 1 aliphatic rings. The number of carbonyl (C=O) groups excluding carboxylic acids is 3. The number of benzene rings is 2. The molecule has 1 aliphatic heterocycles. The summed E-state index contributed by atoms with van der Waals surface area (Å²) < 4.78 is 5.69. The zero-order chi connectivity index (χ0) is 20.2. The van der Waals surface area contributed by atoms with Crippen molar-refractivity contribution in [3.8, 4) is 5.75 Å². The van der Waals surface area contributed by atoms with Crippen molar-refractivity contribution in [3.63, 3.8) is 0 Å². The number of nitrogens with one attached hydrogen (secondary N) is 1. The summed E-state index contributed by atoms with van der Waals surface area (Å²) >= 11 is 0. The Bertz CT molecular complexity index is 1050. The van der Waals surface area contributed by atoms with E-state index in [9.17, 15) is 14.4 Å². The van der Waals surface area contributed by atoms with Crippen molar-refractivity contribution in [2.75, 3.05) is 11.9 Å². The van der Waals surface area contributed by atoms with E-state index >= 15 is 0 Å². The summed E-state index contributed by atoms with van der Waals surface area (Å²) in [6, 6.07) is 19.0. The molecule has 0 fully saturated rings. The molecule has 0 bridgehead atoms. The van der Waals surface area contributed by atoms with Crippen molar-refractivity contribution in [3.05, 3.63) is 89.7 Å². The average molecular weight is 387 g/mol. The number of fused-ring (bicyclic) bond motifs is 1. The molecule has 0 aliphatic carbocycles. The lowest BCUT2D eigenvalue weighted by atomic mass is 10.1. The Hall–Kier alpha value is -4.00. The first-order chi connectivity index (χ1) is 14.1. The van der Waals surface area contributed by atoms with E-state index in [0.29, 0.717) is 29.2 Å². The van der Waals surface area contributed by atoms with Gasteiger partial charge in [-0.3, -0.25) is 24.3 Å². The van der Waals surface area contributed by atoms with Gasteiger partial charge in [-0.15, -0.1) is 0 Å². The summed E-state index contributed by atoms with van der Waals surface area (Å²) in [5.41, 5.74) is 1.92. The van der Waals surface area contributed by atoms with Gasteiger partial charge in [0.1, 0.15) is 18.9 Å². The van der Waals surface area contributed by atoms with Gasteiger partial charge in [0.15, 0.2) is 0 Å². The lowest BCUT2D eigenvalue weighted by molar-refractivity contribution is -0.116. The van der Waals surface area contributed by atoms with Crippen LogP contribution in [0.5, 0.6) is 5.75 Å². The molecular formula is C22H17N3O4. The highest BCUT2D eigenvalue weighted by Crippen LogP contribution is 2.23. The third-order valence-electron chi connectivity index (χ3n) is 4.41. The Kier molecular flexibility index (Phi) is 5.03. The first-order valence-electron chi connectivity index (χ1n) is 8.99. The molecule has 0 spiro atoms. The average Bonchev–Trinajstić information content (AvgIpc) is 2.98. The highest BCUT2D eigenvalue weighted by atomic mass is 16.5. The number of nitrogens with zero attached hydrogens (tertiary/aromatic N) is 2. The fourth-order valence-electron chi connectivity index (χ4n) is 3.03. The molecule has 1 N–H and O–H groups in total. The molecule has 2 aromatic carbocycles. The molecule has 3 amide bonds. The van der Waals surface area contributed by atoms with Gasteiger partial charge in [-0.1, -0.05) is 24.3 Å². The van der Waals surface area contributed by atoms with Crippen LogP contribution in [-0.4, -0.2) is 34.2 Å². The topological polar surface area (TPSA) is 88.6 Å². The number of amides is 3. The van der Waals surface area contributed by atoms with E-state index in [4.69, 9.17) is 4.74 Å². The molecule has 0 saturated carbocycles. The second-order valence-corrected chi connectivity index (χ2v) is 6.43. The normalized spacial score (nSPS) is 12.6. The third kappa shape index (κ3) is 3.98. The van der Waals surface area contributed by atoms with E-state index in [1.165, 1.54) is 0 Å². The highest BCUT2D eigenvalue weighted by molar-refractivity contribution is 6.22. The van der Waals surface area contributed by atoms with Crippen LogP contribution < -0.4 is 10.1 Å². The number of ether oxygens (including phenoxy) is 1. The summed E-state index contributed by atoms with van der Waals surface area (Å²) in [7, 11) is 0. The molecule has 144 valence electrons. The minimum atomic E-state index is -0.471. The van der Waals surface area contributed by atoms with E-state index in [2.05, 4.69) is 10.3 Å². The van der Waals surface area contributed by atoms with Gasteiger partial charge in [0.2, 0.25) is 5.91 Å². The molecule has 0 saturated heterocycles. The number of pyridine rings is 1. The van der Waals surface area contributed by atoms with Gasteiger partial charge in [0.05, 0.1) is 16.8 Å². The number of carbonyl (C=O) groups is 3. The van der Waals surface area contributed by atoms with Crippen LogP contribution in [0, 0.1) is 0 Å². The first kappa shape index (κ1) is 18.4. The van der Waals surface area contributed by atoms with Gasteiger partial charge >= 0.3 is 0 Å². The Morgan fingerprint density at radius 3 is 2.34 bits per heavy atom. The summed E-state index contributed by atoms with van der Waals surface area (Å²) in [5.74, 6) is -0.836. The third-order valence-corrected chi connectivity index (χ3v) is 4.41. The standard InChI is InChI=1S/C22H17N3O4/c26-20(13-25-21(27)18-9-1-2-10-19(18)22(25)28)24-15-7-5-8-17(12-15)29-14-16-6-3-4-11-23-16/h1-12H,13-14H2,(H,24,26). The molecular weight excluding hydrogens is 370 g/mol. The van der Waals surface area contributed by atoms with Gasteiger partial charge in [-0.05, 0) is 36.4 Å². The van der Waals surface area contributed by atoms with Crippen LogP contribution in [-0.2, 0) is 11.4 Å². The molecule has 3 aromatic rings. The van der Waals surface area contributed by atoms with Crippen LogP contribution in [0.2, 0.25) is 0 Å². The number of hydrogen-bond donors (Lipinski definition) is 1. The first-order valence-corrected chi connectivity index (χ1v) is 8.99. The summed E-state index contributed by atoms with van der Waals surface area (Å²) in [6.07, 6.45) is 1.69. The SMILES string of the molecule is O=C(CN1C(=O)c2ccccc2C1=O)Nc1cccc(OCc2ccccn2)c1. The van der Waals surface area contributed by atoms with E-state index in [1.807, 2.05) is 18.2 Å². The number of hydrogen-bond acceptors (Lipinski definition) is 5. The van der Waals surface area contributed by atoms with Crippen LogP contribution in [0.25, 0.3) is 0 Å². The zero-order valence-electron chi connectivity index (χ0n) is 15.4. The summed E-state index contributed by atoms with van der Waals surface area (Å²) in [5, 5.41) is 2.69. The maximum Gasteiger partial charge on any atom is 0.262 e. The Balaban J connectivity index is 1.38. The Labute approximate surface area is 166 Å². The molecule has 0 radical (unpaired) electrons. The number of aromatic nitrogens is 1. The quantitative estimate of drug-likeness (QED) is 0.657. The van der Waals surface area contributed by atoms with Crippen LogP contribution in [0.15, 0.2) is 72.9 Å². The minimum absolute atomic E-state index is 0.299. The predicted octanol–water partition coefficient (Wildman–Crippen LogP) is 2.90. The Morgan fingerprint density at radius 2 is 1.66 bits per heavy atom. The minimum Gasteiger partial charge on any atom is -0.487 e. The van der Waals surface area contributed by atoms with Crippen LogP contribution in [0.4, 0.5) is 5.69 Å². The highest BCUT2D eigenvalue weighted by Gasteiger charge is 2.36. The zero-order valence-corrected chi connectivity index (χ0v) is 15.4. The summed E-state index contributed by atoms with van der Waals surface area (Å²) in [6.45, 7) is -0.0569. The smallest absolute Gasteiger partial charge is 0.262 e. The van der Waals surface area contributed by atoms with Crippen molar-refractivity contribution in [2.45, 2.75) is 6.61 Å². The predicted molar refractivity (Wildman–Crippen MR) is 105 cm³/mol. The van der Waals surface area contributed by atoms with Gasteiger partial charge in [-0.2, -0.15) is 0 Å². The lowest BCUT2D eigenvalue weighted by Gasteiger charge is -2.14. The number of imide groups is 1. The number of rotatable bonds is 6. The number of anilines is 1. The maximum absolute atomic E-state index is 12.4. The fourth-order valence-corrected chi connectivity index (χ4v) is 3.03. The molecule has 7 nitrogen and oxygen atoms in total. The van der Waals surface area contributed by atoms with E-state index < -0.39 is 17.7 Å². The molecule has 2 heterocycles. The molecule has 7 heteroatoms. The maximum atomic E-state index is 12.4.